The number of esters is 1. The van der Waals surface area contributed by atoms with Crippen molar-refractivity contribution in [1.29, 1.82) is 0 Å². The van der Waals surface area contributed by atoms with E-state index in [-0.39, 0.29) is 18.9 Å². The molecule has 0 saturated heterocycles. The number of ether oxygens (including phenoxy) is 3. The van der Waals surface area contributed by atoms with E-state index in [1.807, 2.05) is 0 Å². The minimum atomic E-state index is -0.503. The number of nitro benzene ring substituents is 1. The summed E-state index contributed by atoms with van der Waals surface area (Å²) in [6.07, 6.45) is 0. The summed E-state index contributed by atoms with van der Waals surface area (Å²) in [5, 5.41) is 11.0. The van der Waals surface area contributed by atoms with Gasteiger partial charge in [0.2, 0.25) is 0 Å². The van der Waals surface area contributed by atoms with Gasteiger partial charge in [0.15, 0.2) is 6.61 Å². The molecule has 0 saturated carbocycles. The summed E-state index contributed by atoms with van der Waals surface area (Å²) in [7, 11) is 1.55. The molecule has 0 heterocycles. The monoisotopic (exact) mass is 331 g/mol. The van der Waals surface area contributed by atoms with Gasteiger partial charge in [-0.1, -0.05) is 12.1 Å². The van der Waals surface area contributed by atoms with E-state index in [9.17, 15) is 14.9 Å². The van der Waals surface area contributed by atoms with Gasteiger partial charge in [0, 0.05) is 17.7 Å². The third-order valence-corrected chi connectivity index (χ3v) is 3.23. The summed E-state index contributed by atoms with van der Waals surface area (Å²) in [5.74, 6) is 0.522. The van der Waals surface area contributed by atoms with Crippen molar-refractivity contribution in [3.8, 4) is 22.6 Å². The lowest BCUT2D eigenvalue weighted by molar-refractivity contribution is -0.384. The van der Waals surface area contributed by atoms with Crippen LogP contribution in [0.2, 0.25) is 0 Å². The summed E-state index contributed by atoms with van der Waals surface area (Å²) >= 11 is 0. The number of rotatable bonds is 7. The molecular weight excluding hydrogens is 314 g/mol. The van der Waals surface area contributed by atoms with Gasteiger partial charge in [-0.3, -0.25) is 10.1 Å². The summed E-state index contributed by atoms with van der Waals surface area (Å²) in [6.45, 7) is 1.69. The fourth-order valence-electron chi connectivity index (χ4n) is 2.09. The number of nitro groups is 1. The standard InChI is InChI=1S/C17H17NO6/c1-3-23-17(19)11-24-16-9-6-13(18(20)21)10-15(16)12-4-7-14(22-2)8-5-12/h4-10H,3,11H2,1-2H3. The topological polar surface area (TPSA) is 87.9 Å². The molecule has 2 aromatic carbocycles. The quantitative estimate of drug-likeness (QED) is 0.440. The summed E-state index contributed by atoms with van der Waals surface area (Å²) in [5.41, 5.74) is 1.15. The number of carbonyl (C=O) groups excluding carboxylic acids is 1. The highest BCUT2D eigenvalue weighted by molar-refractivity contribution is 5.75. The first kappa shape index (κ1) is 17.3. The van der Waals surface area contributed by atoms with Crippen LogP contribution >= 0.6 is 0 Å². The molecule has 0 bridgehead atoms. The smallest absolute Gasteiger partial charge is 0.344 e. The van der Waals surface area contributed by atoms with Gasteiger partial charge >= 0.3 is 5.97 Å². The van der Waals surface area contributed by atoms with E-state index in [0.717, 1.165) is 0 Å². The van der Waals surface area contributed by atoms with E-state index in [1.165, 1.54) is 18.2 Å². The van der Waals surface area contributed by atoms with Crippen LogP contribution in [-0.2, 0) is 9.53 Å². The second-order valence-corrected chi connectivity index (χ2v) is 4.76. The van der Waals surface area contributed by atoms with Crippen LogP contribution < -0.4 is 9.47 Å². The number of hydrogen-bond donors (Lipinski definition) is 0. The molecule has 0 atom stereocenters. The Balaban J connectivity index is 2.35. The van der Waals surface area contributed by atoms with Crippen LogP contribution in [0.3, 0.4) is 0 Å². The first-order chi connectivity index (χ1) is 11.5. The third-order valence-electron chi connectivity index (χ3n) is 3.23. The van der Waals surface area contributed by atoms with Crippen LogP contribution in [0.15, 0.2) is 42.5 Å². The molecule has 0 amide bonds. The van der Waals surface area contributed by atoms with E-state index in [1.54, 1.807) is 38.3 Å². The zero-order chi connectivity index (χ0) is 17.5. The highest BCUT2D eigenvalue weighted by atomic mass is 16.6. The van der Waals surface area contributed by atoms with Gasteiger partial charge < -0.3 is 14.2 Å². The lowest BCUT2D eigenvalue weighted by Gasteiger charge is -2.12. The van der Waals surface area contributed by atoms with E-state index in [4.69, 9.17) is 14.2 Å². The summed E-state index contributed by atoms with van der Waals surface area (Å²) < 4.78 is 15.4. The van der Waals surface area contributed by atoms with Gasteiger partial charge in [0.05, 0.1) is 18.6 Å². The predicted molar refractivity (Wildman–Crippen MR) is 87.2 cm³/mol. The highest BCUT2D eigenvalue weighted by Gasteiger charge is 2.15. The molecule has 126 valence electrons. The fraction of sp³-hybridized carbons (Fsp3) is 0.235. The van der Waals surface area contributed by atoms with Gasteiger partial charge in [0.25, 0.3) is 5.69 Å². The Labute approximate surface area is 138 Å². The van der Waals surface area contributed by atoms with Crippen LogP contribution in [0.5, 0.6) is 11.5 Å². The Morgan fingerprint density at radius 1 is 1.17 bits per heavy atom. The first-order valence-corrected chi connectivity index (χ1v) is 7.26. The molecule has 24 heavy (non-hydrogen) atoms. The average molecular weight is 331 g/mol. The second-order valence-electron chi connectivity index (χ2n) is 4.76. The van der Waals surface area contributed by atoms with Gasteiger partial charge in [0.1, 0.15) is 11.5 Å². The maximum atomic E-state index is 11.5. The van der Waals surface area contributed by atoms with Crippen LogP contribution in [0.25, 0.3) is 11.1 Å². The molecule has 7 nitrogen and oxygen atoms in total. The number of hydrogen-bond acceptors (Lipinski definition) is 6. The number of methoxy groups -OCH3 is 1. The van der Waals surface area contributed by atoms with Crippen molar-refractivity contribution in [2.45, 2.75) is 6.92 Å². The molecule has 0 aromatic heterocycles. The second kappa shape index (κ2) is 7.96. The maximum absolute atomic E-state index is 11.5. The molecule has 0 radical (unpaired) electrons. The molecule has 0 aliphatic rings. The molecule has 7 heteroatoms. The van der Waals surface area contributed by atoms with Crippen molar-refractivity contribution >= 4 is 11.7 Å². The molecule has 0 spiro atoms. The molecule has 0 fully saturated rings. The number of carbonyl (C=O) groups is 1. The molecule has 2 aromatic rings. The Kier molecular flexibility index (Phi) is 5.73. The predicted octanol–water partition coefficient (Wildman–Crippen LogP) is 3.21. The van der Waals surface area contributed by atoms with Gasteiger partial charge in [-0.05, 0) is 30.7 Å². The van der Waals surface area contributed by atoms with Crippen molar-refractivity contribution in [2.75, 3.05) is 20.3 Å². The SMILES string of the molecule is CCOC(=O)COc1ccc([N+](=O)[O-])cc1-c1ccc(OC)cc1. The molecular formula is C17H17NO6. The number of non-ortho nitro benzene ring substituents is 1. The van der Waals surface area contributed by atoms with Crippen molar-refractivity contribution < 1.29 is 23.9 Å². The zero-order valence-electron chi connectivity index (χ0n) is 13.4. The maximum Gasteiger partial charge on any atom is 0.344 e. The van der Waals surface area contributed by atoms with Crippen LogP contribution in [-0.4, -0.2) is 31.2 Å². The van der Waals surface area contributed by atoms with E-state index in [2.05, 4.69) is 0 Å². The number of nitrogens with zero attached hydrogens (tertiary/aromatic N) is 1. The van der Waals surface area contributed by atoms with Gasteiger partial charge in [-0.25, -0.2) is 4.79 Å². The van der Waals surface area contributed by atoms with E-state index >= 15 is 0 Å². The minimum Gasteiger partial charge on any atom is -0.497 e. The van der Waals surface area contributed by atoms with Crippen molar-refractivity contribution in [1.82, 2.24) is 0 Å². The summed E-state index contributed by atoms with van der Waals surface area (Å²) in [6, 6.07) is 11.2. The molecule has 2 rings (SSSR count). The minimum absolute atomic E-state index is 0.0655. The van der Waals surface area contributed by atoms with Gasteiger partial charge in [-0.2, -0.15) is 0 Å². The third kappa shape index (κ3) is 4.22. The number of benzene rings is 2. The lowest BCUT2D eigenvalue weighted by atomic mass is 10.0. The largest absolute Gasteiger partial charge is 0.497 e. The normalized spacial score (nSPS) is 10.1. The van der Waals surface area contributed by atoms with Crippen LogP contribution in [0.1, 0.15) is 6.92 Å². The van der Waals surface area contributed by atoms with Crippen LogP contribution in [0.4, 0.5) is 5.69 Å². The molecule has 0 N–H and O–H groups in total. The Hall–Kier alpha value is -3.09. The lowest BCUT2D eigenvalue weighted by Crippen LogP contribution is -2.14. The summed E-state index contributed by atoms with van der Waals surface area (Å²) in [4.78, 5) is 22.0. The fourth-order valence-corrected chi connectivity index (χ4v) is 2.09. The highest BCUT2D eigenvalue weighted by Crippen LogP contribution is 2.34. The Morgan fingerprint density at radius 3 is 2.46 bits per heavy atom. The first-order valence-electron chi connectivity index (χ1n) is 7.26. The van der Waals surface area contributed by atoms with Crippen molar-refractivity contribution in [3.63, 3.8) is 0 Å². The van der Waals surface area contributed by atoms with E-state index < -0.39 is 10.9 Å². The molecule has 0 aliphatic heterocycles. The average Bonchev–Trinajstić information content (AvgIpc) is 2.60. The Morgan fingerprint density at radius 2 is 1.88 bits per heavy atom. The van der Waals surface area contributed by atoms with E-state index in [0.29, 0.717) is 22.6 Å². The molecule has 0 unspecified atom stereocenters. The molecule has 0 aliphatic carbocycles. The van der Waals surface area contributed by atoms with Gasteiger partial charge in [-0.15, -0.1) is 0 Å². The van der Waals surface area contributed by atoms with Crippen molar-refractivity contribution in [2.24, 2.45) is 0 Å². The Bertz CT molecular complexity index is 726. The van der Waals surface area contributed by atoms with Crippen molar-refractivity contribution in [3.05, 3.63) is 52.6 Å². The zero-order valence-corrected chi connectivity index (χ0v) is 13.4. The van der Waals surface area contributed by atoms with Crippen LogP contribution in [0, 0.1) is 10.1 Å².